The Morgan fingerprint density at radius 3 is 2.37 bits per heavy atom. The van der Waals surface area contributed by atoms with Gasteiger partial charge in [-0.05, 0) is 12.0 Å². The van der Waals surface area contributed by atoms with Crippen molar-refractivity contribution in [2.24, 2.45) is 5.73 Å². The molecule has 2 N–H and O–H groups in total. The topological polar surface area (TPSA) is 49.6 Å². The molecule has 1 heterocycles. The summed E-state index contributed by atoms with van der Waals surface area (Å²) in [5.41, 5.74) is 6.79. The van der Waals surface area contributed by atoms with Crippen LogP contribution in [0.5, 0.6) is 0 Å². The predicted octanol–water partition coefficient (Wildman–Crippen LogP) is 1.07. The molecule has 0 radical (unpaired) electrons. The summed E-state index contributed by atoms with van der Waals surface area (Å²) in [6.07, 6.45) is 0.800. The van der Waals surface area contributed by atoms with Gasteiger partial charge in [0.25, 0.3) is 0 Å². The number of hydrogen-bond donors (Lipinski definition) is 1. The van der Waals surface area contributed by atoms with Gasteiger partial charge in [-0.3, -0.25) is 14.6 Å². The van der Waals surface area contributed by atoms with Crippen LogP contribution in [0, 0.1) is 0 Å². The molecule has 4 heteroatoms. The molecule has 0 bridgehead atoms. The number of amides is 1. The van der Waals surface area contributed by atoms with E-state index in [0.29, 0.717) is 0 Å². The van der Waals surface area contributed by atoms with Crippen LogP contribution in [0.15, 0.2) is 30.3 Å². The van der Waals surface area contributed by atoms with Crippen LogP contribution in [0.3, 0.4) is 0 Å². The Hall–Kier alpha value is -1.39. The minimum atomic E-state index is -0.195. The molecule has 1 aliphatic heterocycles. The van der Waals surface area contributed by atoms with Crippen LogP contribution >= 0.6 is 0 Å². The first kappa shape index (κ1) is 14.0. The SMILES string of the molecule is CCC(C(N)=O)N1CCN(Cc2ccccc2)CC1. The Labute approximate surface area is 115 Å². The van der Waals surface area contributed by atoms with E-state index in [9.17, 15) is 4.79 Å². The molecule has 1 atom stereocenters. The van der Waals surface area contributed by atoms with Crippen LogP contribution < -0.4 is 5.73 Å². The Balaban J connectivity index is 1.84. The lowest BCUT2D eigenvalue weighted by Crippen LogP contribution is -2.53. The van der Waals surface area contributed by atoms with Gasteiger partial charge >= 0.3 is 0 Å². The predicted molar refractivity (Wildman–Crippen MR) is 76.6 cm³/mol. The van der Waals surface area contributed by atoms with Crippen LogP contribution in [0.4, 0.5) is 0 Å². The van der Waals surface area contributed by atoms with Crippen LogP contribution in [0.2, 0.25) is 0 Å². The summed E-state index contributed by atoms with van der Waals surface area (Å²) >= 11 is 0. The maximum atomic E-state index is 11.4. The quantitative estimate of drug-likeness (QED) is 0.862. The molecule has 0 aliphatic carbocycles. The number of carbonyl (C=O) groups is 1. The molecular formula is C15H23N3O. The Morgan fingerprint density at radius 1 is 1.21 bits per heavy atom. The minimum absolute atomic E-state index is 0.0983. The maximum absolute atomic E-state index is 11.4. The number of piperazine rings is 1. The zero-order valence-corrected chi connectivity index (χ0v) is 11.6. The van der Waals surface area contributed by atoms with Gasteiger partial charge in [-0.1, -0.05) is 37.3 Å². The number of benzene rings is 1. The smallest absolute Gasteiger partial charge is 0.234 e. The van der Waals surface area contributed by atoms with E-state index in [2.05, 4.69) is 34.1 Å². The van der Waals surface area contributed by atoms with Crippen LogP contribution in [-0.2, 0) is 11.3 Å². The molecule has 19 heavy (non-hydrogen) atoms. The first-order chi connectivity index (χ1) is 9.20. The van der Waals surface area contributed by atoms with E-state index in [1.165, 1.54) is 5.56 Å². The number of nitrogens with zero attached hydrogens (tertiary/aromatic N) is 2. The Bertz CT molecular complexity index is 399. The van der Waals surface area contributed by atoms with Crippen molar-refractivity contribution in [1.29, 1.82) is 0 Å². The molecule has 1 amide bonds. The number of primary amides is 1. The molecule has 1 saturated heterocycles. The van der Waals surface area contributed by atoms with Crippen molar-refractivity contribution in [3.8, 4) is 0 Å². The fraction of sp³-hybridized carbons (Fsp3) is 0.533. The third-order valence-corrected chi connectivity index (χ3v) is 3.81. The van der Waals surface area contributed by atoms with Gasteiger partial charge in [0, 0.05) is 32.7 Å². The second kappa shape index (κ2) is 6.68. The number of nitrogens with two attached hydrogens (primary N) is 1. The molecule has 1 aromatic rings. The van der Waals surface area contributed by atoms with Crippen molar-refractivity contribution >= 4 is 5.91 Å². The lowest BCUT2D eigenvalue weighted by atomic mass is 10.1. The average molecular weight is 261 g/mol. The van der Waals surface area contributed by atoms with Gasteiger partial charge in [0.05, 0.1) is 6.04 Å². The summed E-state index contributed by atoms with van der Waals surface area (Å²) < 4.78 is 0. The molecule has 4 nitrogen and oxygen atoms in total. The molecule has 0 saturated carbocycles. The third kappa shape index (κ3) is 3.78. The van der Waals surface area contributed by atoms with Crippen molar-refractivity contribution in [2.75, 3.05) is 26.2 Å². The van der Waals surface area contributed by atoms with Crippen molar-refractivity contribution < 1.29 is 4.79 Å². The second-order valence-corrected chi connectivity index (χ2v) is 5.12. The number of hydrogen-bond acceptors (Lipinski definition) is 3. The summed E-state index contributed by atoms with van der Waals surface area (Å²) in [5.74, 6) is -0.195. The van der Waals surface area contributed by atoms with Crippen LogP contribution in [0.1, 0.15) is 18.9 Å². The monoisotopic (exact) mass is 261 g/mol. The second-order valence-electron chi connectivity index (χ2n) is 5.12. The standard InChI is InChI=1S/C15H23N3O/c1-2-14(15(16)19)18-10-8-17(9-11-18)12-13-6-4-3-5-7-13/h3-7,14H,2,8-12H2,1H3,(H2,16,19). The zero-order chi connectivity index (χ0) is 13.7. The van der Waals surface area contributed by atoms with Gasteiger partial charge in [0.2, 0.25) is 5.91 Å². The van der Waals surface area contributed by atoms with Gasteiger partial charge in [-0.2, -0.15) is 0 Å². The van der Waals surface area contributed by atoms with Gasteiger partial charge in [0.15, 0.2) is 0 Å². The van der Waals surface area contributed by atoms with Crippen molar-refractivity contribution in [3.05, 3.63) is 35.9 Å². The largest absolute Gasteiger partial charge is 0.368 e. The summed E-state index contributed by atoms with van der Waals surface area (Å²) in [6, 6.07) is 10.4. The highest BCUT2D eigenvalue weighted by Crippen LogP contribution is 2.12. The molecule has 1 unspecified atom stereocenters. The zero-order valence-electron chi connectivity index (χ0n) is 11.6. The van der Waals surface area contributed by atoms with Crippen LogP contribution in [-0.4, -0.2) is 47.9 Å². The molecule has 0 spiro atoms. The normalized spacial score (nSPS) is 19.2. The molecular weight excluding hydrogens is 238 g/mol. The van der Waals surface area contributed by atoms with E-state index in [1.807, 2.05) is 13.0 Å². The fourth-order valence-electron chi connectivity index (χ4n) is 2.71. The summed E-state index contributed by atoms with van der Waals surface area (Å²) in [4.78, 5) is 16.0. The highest BCUT2D eigenvalue weighted by Gasteiger charge is 2.25. The lowest BCUT2D eigenvalue weighted by molar-refractivity contribution is -0.124. The summed E-state index contributed by atoms with van der Waals surface area (Å²) in [5, 5.41) is 0. The van der Waals surface area contributed by atoms with E-state index in [4.69, 9.17) is 5.73 Å². The van der Waals surface area contributed by atoms with E-state index in [1.54, 1.807) is 0 Å². The maximum Gasteiger partial charge on any atom is 0.234 e. The van der Waals surface area contributed by atoms with Gasteiger partial charge in [-0.25, -0.2) is 0 Å². The average Bonchev–Trinajstić information content (AvgIpc) is 2.42. The fourth-order valence-corrected chi connectivity index (χ4v) is 2.71. The summed E-state index contributed by atoms with van der Waals surface area (Å²) in [6.45, 7) is 6.85. The van der Waals surface area contributed by atoms with Gasteiger partial charge < -0.3 is 5.73 Å². The molecule has 2 rings (SSSR count). The number of rotatable bonds is 5. The van der Waals surface area contributed by atoms with E-state index >= 15 is 0 Å². The Morgan fingerprint density at radius 2 is 1.84 bits per heavy atom. The third-order valence-electron chi connectivity index (χ3n) is 3.81. The van der Waals surface area contributed by atoms with Crippen molar-refractivity contribution in [1.82, 2.24) is 9.80 Å². The van der Waals surface area contributed by atoms with Gasteiger partial charge in [0.1, 0.15) is 0 Å². The van der Waals surface area contributed by atoms with Crippen molar-refractivity contribution in [3.63, 3.8) is 0 Å². The molecule has 104 valence electrons. The highest BCUT2D eigenvalue weighted by molar-refractivity contribution is 5.79. The van der Waals surface area contributed by atoms with Crippen molar-refractivity contribution in [2.45, 2.75) is 25.9 Å². The van der Waals surface area contributed by atoms with E-state index in [0.717, 1.165) is 39.1 Å². The first-order valence-corrected chi connectivity index (χ1v) is 7.00. The molecule has 1 fully saturated rings. The highest BCUT2D eigenvalue weighted by atomic mass is 16.1. The minimum Gasteiger partial charge on any atom is -0.368 e. The lowest BCUT2D eigenvalue weighted by Gasteiger charge is -2.37. The summed E-state index contributed by atoms with van der Waals surface area (Å²) in [7, 11) is 0. The van der Waals surface area contributed by atoms with E-state index in [-0.39, 0.29) is 11.9 Å². The first-order valence-electron chi connectivity index (χ1n) is 7.00. The molecule has 0 aromatic heterocycles. The Kier molecular flexibility index (Phi) is 4.93. The molecule has 1 aliphatic rings. The molecule has 1 aromatic carbocycles. The number of carbonyl (C=O) groups excluding carboxylic acids is 1. The van der Waals surface area contributed by atoms with Gasteiger partial charge in [-0.15, -0.1) is 0 Å². The van der Waals surface area contributed by atoms with E-state index < -0.39 is 0 Å². The van der Waals surface area contributed by atoms with Crippen LogP contribution in [0.25, 0.3) is 0 Å².